The predicted molar refractivity (Wildman–Crippen MR) is 101 cm³/mol. The number of carbonyl (C=O) groups is 3. The van der Waals surface area contributed by atoms with Crippen molar-refractivity contribution in [2.75, 3.05) is 11.9 Å². The van der Waals surface area contributed by atoms with Crippen molar-refractivity contribution in [3.63, 3.8) is 0 Å². The lowest BCUT2D eigenvalue weighted by Gasteiger charge is -2.16. The van der Waals surface area contributed by atoms with Crippen molar-refractivity contribution in [2.24, 2.45) is 0 Å². The van der Waals surface area contributed by atoms with Crippen LogP contribution in [0.5, 0.6) is 5.75 Å². The third-order valence-corrected chi connectivity index (χ3v) is 3.83. The summed E-state index contributed by atoms with van der Waals surface area (Å²) >= 11 is 0. The molecule has 2 rings (SSSR count). The van der Waals surface area contributed by atoms with Crippen LogP contribution in [-0.2, 0) is 14.3 Å². The lowest BCUT2D eigenvalue weighted by Crippen LogP contribution is -2.32. The van der Waals surface area contributed by atoms with Gasteiger partial charge in [0.1, 0.15) is 17.4 Å². The maximum absolute atomic E-state index is 13.5. The van der Waals surface area contributed by atoms with Gasteiger partial charge in [0, 0.05) is 12.6 Å². The summed E-state index contributed by atoms with van der Waals surface area (Å²) in [6.07, 6.45) is -1.62. The molecule has 0 fully saturated rings. The SMILES string of the molecule is CC(OC(=O)CCNC(=O)c1ccc(F)cc1F)C(=O)Nc1ccccc1OC(F)F. The quantitative estimate of drug-likeness (QED) is 0.459. The van der Waals surface area contributed by atoms with Gasteiger partial charge in [-0.15, -0.1) is 0 Å². The zero-order valence-corrected chi connectivity index (χ0v) is 16.2. The highest BCUT2D eigenvalue weighted by atomic mass is 19.3. The van der Waals surface area contributed by atoms with Gasteiger partial charge in [-0.25, -0.2) is 8.78 Å². The van der Waals surface area contributed by atoms with Crippen LogP contribution in [0.15, 0.2) is 42.5 Å². The van der Waals surface area contributed by atoms with Crippen molar-refractivity contribution in [3.8, 4) is 5.75 Å². The molecule has 0 aliphatic carbocycles. The van der Waals surface area contributed by atoms with E-state index in [-0.39, 0.29) is 24.4 Å². The number of carbonyl (C=O) groups excluding carboxylic acids is 3. The fraction of sp³-hybridized carbons (Fsp3) is 0.250. The van der Waals surface area contributed by atoms with E-state index in [1.165, 1.54) is 31.2 Å². The first kappa shape index (κ1) is 23.6. The molecule has 1 unspecified atom stereocenters. The monoisotopic (exact) mass is 442 g/mol. The summed E-state index contributed by atoms with van der Waals surface area (Å²) in [7, 11) is 0. The molecule has 2 aromatic rings. The second kappa shape index (κ2) is 11.0. The maximum Gasteiger partial charge on any atom is 0.387 e. The summed E-state index contributed by atoms with van der Waals surface area (Å²) in [5, 5.41) is 4.58. The second-order valence-corrected chi connectivity index (χ2v) is 6.13. The van der Waals surface area contributed by atoms with Gasteiger partial charge in [-0.2, -0.15) is 8.78 Å². The first-order valence-corrected chi connectivity index (χ1v) is 8.94. The maximum atomic E-state index is 13.5. The molecule has 0 spiro atoms. The van der Waals surface area contributed by atoms with Crippen molar-refractivity contribution in [1.82, 2.24) is 5.32 Å². The van der Waals surface area contributed by atoms with Gasteiger partial charge in [-0.1, -0.05) is 12.1 Å². The number of benzene rings is 2. The summed E-state index contributed by atoms with van der Waals surface area (Å²) in [5.74, 6) is -4.66. The number of hydrogen-bond acceptors (Lipinski definition) is 5. The largest absolute Gasteiger partial charge is 0.452 e. The molecule has 11 heteroatoms. The van der Waals surface area contributed by atoms with Crippen molar-refractivity contribution < 1.29 is 41.4 Å². The zero-order chi connectivity index (χ0) is 23.0. The highest BCUT2D eigenvalue weighted by Crippen LogP contribution is 2.25. The molecule has 31 heavy (non-hydrogen) atoms. The van der Waals surface area contributed by atoms with Gasteiger partial charge in [0.05, 0.1) is 17.7 Å². The molecule has 0 heterocycles. The Kier molecular flexibility index (Phi) is 8.35. The molecule has 0 aliphatic rings. The van der Waals surface area contributed by atoms with Crippen LogP contribution in [0, 0.1) is 11.6 Å². The number of halogens is 4. The third-order valence-electron chi connectivity index (χ3n) is 3.83. The molecule has 0 bridgehead atoms. The van der Waals surface area contributed by atoms with E-state index in [2.05, 4.69) is 15.4 Å². The van der Waals surface area contributed by atoms with E-state index in [9.17, 15) is 31.9 Å². The average Bonchev–Trinajstić information content (AvgIpc) is 2.68. The van der Waals surface area contributed by atoms with Gasteiger partial charge in [0.25, 0.3) is 11.8 Å². The number of anilines is 1. The normalized spacial score (nSPS) is 11.5. The summed E-state index contributed by atoms with van der Waals surface area (Å²) in [4.78, 5) is 35.8. The fourth-order valence-electron chi connectivity index (χ4n) is 2.36. The van der Waals surface area contributed by atoms with Gasteiger partial charge in [0.2, 0.25) is 0 Å². The molecule has 0 radical (unpaired) electrons. The molecular formula is C20H18F4N2O5. The Bertz CT molecular complexity index is 955. The van der Waals surface area contributed by atoms with E-state index < -0.39 is 47.7 Å². The fourth-order valence-corrected chi connectivity index (χ4v) is 2.36. The molecule has 2 aromatic carbocycles. The Morgan fingerprint density at radius 3 is 2.45 bits per heavy atom. The molecule has 0 saturated carbocycles. The molecule has 1 atom stereocenters. The third kappa shape index (κ3) is 7.28. The first-order valence-electron chi connectivity index (χ1n) is 8.94. The van der Waals surface area contributed by atoms with Gasteiger partial charge < -0.3 is 20.1 Å². The van der Waals surface area contributed by atoms with E-state index in [4.69, 9.17) is 4.74 Å². The van der Waals surface area contributed by atoms with Crippen LogP contribution in [0.2, 0.25) is 0 Å². The van der Waals surface area contributed by atoms with Crippen LogP contribution in [0.25, 0.3) is 0 Å². The number of esters is 1. The van der Waals surface area contributed by atoms with Crippen molar-refractivity contribution in [2.45, 2.75) is 26.1 Å². The van der Waals surface area contributed by atoms with Crippen LogP contribution in [-0.4, -0.2) is 37.0 Å². The minimum absolute atomic E-state index is 0.0377. The smallest absolute Gasteiger partial charge is 0.387 e. The summed E-state index contributed by atoms with van der Waals surface area (Å²) in [5.41, 5.74) is -0.434. The lowest BCUT2D eigenvalue weighted by molar-refractivity contribution is -0.153. The summed E-state index contributed by atoms with van der Waals surface area (Å²) in [6, 6.07) is 7.89. The zero-order valence-electron chi connectivity index (χ0n) is 16.2. The Labute approximate surface area is 174 Å². The molecule has 7 nitrogen and oxygen atoms in total. The molecule has 2 N–H and O–H groups in total. The van der Waals surface area contributed by atoms with Crippen LogP contribution in [0.3, 0.4) is 0 Å². The Balaban J connectivity index is 1.81. The summed E-state index contributed by atoms with van der Waals surface area (Å²) < 4.78 is 60.5. The van der Waals surface area contributed by atoms with Crippen LogP contribution in [0.1, 0.15) is 23.7 Å². The van der Waals surface area contributed by atoms with E-state index in [0.717, 1.165) is 12.1 Å². The molecule has 0 aromatic heterocycles. The predicted octanol–water partition coefficient (Wildman–Crippen LogP) is 3.26. The van der Waals surface area contributed by atoms with Gasteiger partial charge in [-0.05, 0) is 31.2 Å². The van der Waals surface area contributed by atoms with Crippen molar-refractivity contribution in [3.05, 3.63) is 59.7 Å². The Hall–Kier alpha value is -3.63. The number of para-hydroxylation sites is 2. The number of rotatable bonds is 9. The van der Waals surface area contributed by atoms with Gasteiger partial charge in [0.15, 0.2) is 6.10 Å². The number of nitrogens with one attached hydrogen (secondary N) is 2. The summed E-state index contributed by atoms with van der Waals surface area (Å²) in [6.45, 7) is -2.06. The molecule has 0 saturated heterocycles. The van der Waals surface area contributed by atoms with E-state index in [1.54, 1.807) is 0 Å². The molecule has 0 aliphatic heterocycles. The van der Waals surface area contributed by atoms with Crippen LogP contribution >= 0.6 is 0 Å². The van der Waals surface area contributed by atoms with Gasteiger partial charge in [-0.3, -0.25) is 14.4 Å². The van der Waals surface area contributed by atoms with Crippen molar-refractivity contribution >= 4 is 23.5 Å². The van der Waals surface area contributed by atoms with Crippen LogP contribution < -0.4 is 15.4 Å². The average molecular weight is 442 g/mol. The highest BCUT2D eigenvalue weighted by Gasteiger charge is 2.20. The van der Waals surface area contributed by atoms with E-state index in [0.29, 0.717) is 6.07 Å². The van der Waals surface area contributed by atoms with Gasteiger partial charge >= 0.3 is 12.6 Å². The molecular weight excluding hydrogens is 424 g/mol. The lowest BCUT2D eigenvalue weighted by atomic mass is 10.2. The Morgan fingerprint density at radius 1 is 1.06 bits per heavy atom. The number of alkyl halides is 2. The van der Waals surface area contributed by atoms with Crippen LogP contribution in [0.4, 0.5) is 23.2 Å². The highest BCUT2D eigenvalue weighted by molar-refractivity contribution is 5.96. The molecule has 2 amide bonds. The minimum atomic E-state index is -3.09. The first-order chi connectivity index (χ1) is 14.7. The van der Waals surface area contributed by atoms with E-state index in [1.807, 2.05) is 0 Å². The topological polar surface area (TPSA) is 93.7 Å². The standard InChI is InChI=1S/C20H18F4N2O5/c1-11(18(28)26-15-4-2-3-5-16(15)31-20(23)24)30-17(27)8-9-25-19(29)13-7-6-12(21)10-14(13)22/h2-7,10-11,20H,8-9H2,1H3,(H,25,29)(H,26,28). The van der Waals surface area contributed by atoms with Crippen molar-refractivity contribution in [1.29, 1.82) is 0 Å². The number of hydrogen-bond donors (Lipinski definition) is 2. The number of amides is 2. The van der Waals surface area contributed by atoms with E-state index >= 15 is 0 Å². The Morgan fingerprint density at radius 2 is 1.77 bits per heavy atom. The molecule has 166 valence electrons. The minimum Gasteiger partial charge on any atom is -0.452 e. The number of ether oxygens (including phenoxy) is 2. The second-order valence-electron chi connectivity index (χ2n) is 6.13.